The van der Waals surface area contributed by atoms with Crippen molar-refractivity contribution in [2.24, 2.45) is 0 Å². The number of aromatic nitrogens is 2. The van der Waals surface area contributed by atoms with Crippen LogP contribution in [-0.4, -0.2) is 59.6 Å². The molecule has 2 saturated heterocycles. The van der Waals surface area contributed by atoms with Gasteiger partial charge < -0.3 is 15.1 Å². The first-order chi connectivity index (χ1) is 17.1. The van der Waals surface area contributed by atoms with Crippen LogP contribution >= 0.6 is 0 Å². The molecule has 2 aromatic carbocycles. The van der Waals surface area contributed by atoms with Gasteiger partial charge in [-0.2, -0.15) is 0 Å². The highest BCUT2D eigenvalue weighted by Gasteiger charge is 2.22. The second kappa shape index (κ2) is 10.6. The Morgan fingerprint density at radius 2 is 1.66 bits per heavy atom. The summed E-state index contributed by atoms with van der Waals surface area (Å²) in [5, 5.41) is 3.44. The van der Waals surface area contributed by atoms with Crippen molar-refractivity contribution >= 4 is 22.8 Å². The number of nitrogens with zero attached hydrogens (tertiary/aromatic N) is 4. The summed E-state index contributed by atoms with van der Waals surface area (Å²) in [6.45, 7) is 5.53. The molecule has 1 aromatic heterocycles. The van der Waals surface area contributed by atoms with Crippen LogP contribution in [0.1, 0.15) is 48.9 Å². The molecule has 5 rings (SSSR count). The van der Waals surface area contributed by atoms with E-state index in [0.717, 1.165) is 52.0 Å². The molecule has 0 unspecified atom stereocenters. The van der Waals surface area contributed by atoms with E-state index in [1.807, 2.05) is 0 Å². The smallest absolute Gasteiger partial charge is 0.267 e. The van der Waals surface area contributed by atoms with E-state index in [4.69, 9.17) is 4.98 Å². The average molecular weight is 478 g/mol. The van der Waals surface area contributed by atoms with Gasteiger partial charge in [0.25, 0.3) is 11.5 Å². The van der Waals surface area contributed by atoms with E-state index in [1.54, 1.807) is 34.9 Å². The molecule has 2 aliphatic heterocycles. The molecule has 35 heavy (non-hydrogen) atoms. The second-order valence-electron chi connectivity index (χ2n) is 9.47. The van der Waals surface area contributed by atoms with Crippen LogP contribution in [0.5, 0.6) is 0 Å². The molecule has 184 valence electrons. The summed E-state index contributed by atoms with van der Waals surface area (Å²) >= 11 is 0. The fourth-order valence-corrected chi connectivity index (χ4v) is 5.06. The molecule has 1 amide bonds. The minimum absolute atomic E-state index is 0.155. The quantitative estimate of drug-likeness (QED) is 0.525. The average Bonchev–Trinajstić information content (AvgIpc) is 3.42. The molecule has 7 nitrogen and oxygen atoms in total. The van der Waals surface area contributed by atoms with Gasteiger partial charge in [-0.3, -0.25) is 9.59 Å². The maximum Gasteiger partial charge on any atom is 0.267 e. The van der Waals surface area contributed by atoms with Crippen molar-refractivity contribution in [2.45, 2.75) is 38.5 Å². The third-order valence-corrected chi connectivity index (χ3v) is 6.97. The van der Waals surface area contributed by atoms with Gasteiger partial charge in [-0.25, -0.2) is 13.9 Å². The van der Waals surface area contributed by atoms with Gasteiger partial charge in [0.05, 0.1) is 16.6 Å². The Kier molecular flexibility index (Phi) is 7.08. The van der Waals surface area contributed by atoms with E-state index in [1.165, 1.54) is 31.4 Å². The lowest BCUT2D eigenvalue weighted by Gasteiger charge is -2.26. The number of rotatable bonds is 7. The molecule has 0 spiro atoms. The predicted molar refractivity (Wildman–Crippen MR) is 136 cm³/mol. The number of amides is 1. The topological polar surface area (TPSA) is 70.5 Å². The van der Waals surface area contributed by atoms with E-state index in [2.05, 4.69) is 15.1 Å². The van der Waals surface area contributed by atoms with Crippen LogP contribution in [0.4, 0.5) is 10.3 Å². The van der Waals surface area contributed by atoms with Crippen molar-refractivity contribution < 1.29 is 9.18 Å². The van der Waals surface area contributed by atoms with Crippen molar-refractivity contribution in [1.82, 2.24) is 19.8 Å². The Labute approximate surface area is 204 Å². The highest BCUT2D eigenvalue weighted by atomic mass is 19.1. The van der Waals surface area contributed by atoms with Crippen LogP contribution < -0.4 is 15.8 Å². The Hall–Kier alpha value is -3.26. The van der Waals surface area contributed by atoms with Gasteiger partial charge in [0.15, 0.2) is 0 Å². The Bertz CT molecular complexity index is 1240. The van der Waals surface area contributed by atoms with Crippen LogP contribution in [0.15, 0.2) is 47.3 Å². The monoisotopic (exact) mass is 477 g/mol. The number of nitrogens with one attached hydrogen (secondary N) is 1. The fraction of sp³-hybridized carbons (Fsp3) is 0.444. The third-order valence-electron chi connectivity index (χ3n) is 6.97. The number of likely N-dealkylation sites (tertiary alicyclic amines) is 1. The van der Waals surface area contributed by atoms with Crippen molar-refractivity contribution in [1.29, 1.82) is 0 Å². The first-order valence-electron chi connectivity index (χ1n) is 12.7. The number of hydrogen-bond acceptors (Lipinski definition) is 5. The van der Waals surface area contributed by atoms with Crippen molar-refractivity contribution in [3.8, 4) is 5.69 Å². The number of benzene rings is 2. The second-order valence-corrected chi connectivity index (χ2v) is 9.47. The minimum Gasteiger partial charge on any atom is -0.352 e. The van der Waals surface area contributed by atoms with E-state index in [-0.39, 0.29) is 17.3 Å². The zero-order valence-electron chi connectivity index (χ0n) is 20.0. The van der Waals surface area contributed by atoms with Gasteiger partial charge in [-0.05, 0) is 94.2 Å². The van der Waals surface area contributed by atoms with Crippen molar-refractivity contribution in [3.05, 3.63) is 64.2 Å². The van der Waals surface area contributed by atoms with E-state index < -0.39 is 0 Å². The summed E-state index contributed by atoms with van der Waals surface area (Å²) in [6.07, 6.45) is 6.81. The zero-order valence-corrected chi connectivity index (χ0v) is 20.0. The molecule has 3 aromatic rings. The van der Waals surface area contributed by atoms with E-state index in [9.17, 15) is 14.0 Å². The maximum atomic E-state index is 13.5. The molecular formula is C27H32FN5O2. The molecule has 0 aliphatic carbocycles. The molecule has 8 heteroatoms. The molecule has 2 fully saturated rings. The summed E-state index contributed by atoms with van der Waals surface area (Å²) < 4.78 is 15.1. The molecule has 0 atom stereocenters. The molecule has 0 saturated carbocycles. The van der Waals surface area contributed by atoms with Crippen LogP contribution in [0.2, 0.25) is 0 Å². The molecule has 3 heterocycles. The summed E-state index contributed by atoms with van der Waals surface area (Å²) in [4.78, 5) is 35.7. The van der Waals surface area contributed by atoms with E-state index >= 15 is 0 Å². The summed E-state index contributed by atoms with van der Waals surface area (Å²) in [5.41, 5.74) is 1.34. The number of anilines is 1. The number of piperidine rings is 1. The standard InChI is InChI=1S/C27H32FN5O2/c28-21-8-10-22(11-9-21)33-26(35)23-12-7-20(19-24(23)30-27(33)32-17-4-5-18-32)25(34)29-13-6-16-31-14-2-1-3-15-31/h7-12,19H,1-6,13-18H2,(H,29,34). The van der Waals surface area contributed by atoms with Gasteiger partial charge in [0, 0.05) is 25.2 Å². The van der Waals surface area contributed by atoms with Crippen LogP contribution in [0.3, 0.4) is 0 Å². The highest BCUT2D eigenvalue weighted by molar-refractivity contribution is 5.97. The Balaban J connectivity index is 1.39. The zero-order chi connectivity index (χ0) is 24.2. The molecule has 0 radical (unpaired) electrons. The van der Waals surface area contributed by atoms with E-state index in [0.29, 0.717) is 34.6 Å². The minimum atomic E-state index is -0.357. The van der Waals surface area contributed by atoms with Crippen LogP contribution in [0, 0.1) is 5.82 Å². The molecule has 0 bridgehead atoms. The molecule has 2 aliphatic rings. The SMILES string of the molecule is O=C(NCCCN1CCCCC1)c1ccc2c(=O)n(-c3ccc(F)cc3)c(N3CCCC3)nc2c1. The van der Waals surface area contributed by atoms with Crippen LogP contribution in [-0.2, 0) is 0 Å². The lowest BCUT2D eigenvalue weighted by molar-refractivity contribution is 0.0951. The lowest BCUT2D eigenvalue weighted by atomic mass is 10.1. The van der Waals surface area contributed by atoms with Gasteiger partial charge >= 0.3 is 0 Å². The summed E-state index contributed by atoms with van der Waals surface area (Å²) in [7, 11) is 0. The fourth-order valence-electron chi connectivity index (χ4n) is 5.06. The number of fused-ring (bicyclic) bond motifs is 1. The number of carbonyl (C=O) groups is 1. The van der Waals surface area contributed by atoms with Crippen LogP contribution in [0.25, 0.3) is 16.6 Å². The van der Waals surface area contributed by atoms with Gasteiger partial charge in [0.2, 0.25) is 5.95 Å². The number of hydrogen-bond donors (Lipinski definition) is 1. The summed E-state index contributed by atoms with van der Waals surface area (Å²) in [6, 6.07) is 10.9. The lowest BCUT2D eigenvalue weighted by Crippen LogP contribution is -2.33. The largest absolute Gasteiger partial charge is 0.352 e. The molecular weight excluding hydrogens is 445 g/mol. The first kappa shape index (κ1) is 23.5. The number of halogens is 1. The van der Waals surface area contributed by atoms with Crippen molar-refractivity contribution in [3.63, 3.8) is 0 Å². The summed E-state index contributed by atoms with van der Waals surface area (Å²) in [5.74, 6) is 0.0216. The number of carbonyl (C=O) groups excluding carboxylic acids is 1. The van der Waals surface area contributed by atoms with Gasteiger partial charge in [0.1, 0.15) is 5.82 Å². The predicted octanol–water partition coefficient (Wildman–Crippen LogP) is 3.73. The Morgan fingerprint density at radius 3 is 2.40 bits per heavy atom. The molecule has 1 N–H and O–H groups in total. The maximum absolute atomic E-state index is 13.5. The Morgan fingerprint density at radius 1 is 0.943 bits per heavy atom. The first-order valence-corrected chi connectivity index (χ1v) is 12.7. The highest BCUT2D eigenvalue weighted by Crippen LogP contribution is 2.23. The normalized spacial score (nSPS) is 16.7. The van der Waals surface area contributed by atoms with Gasteiger partial charge in [-0.1, -0.05) is 6.42 Å². The van der Waals surface area contributed by atoms with Gasteiger partial charge in [-0.15, -0.1) is 0 Å². The van der Waals surface area contributed by atoms with Crippen molar-refractivity contribution in [2.75, 3.05) is 44.2 Å². The third kappa shape index (κ3) is 5.22.